The van der Waals surface area contributed by atoms with E-state index in [1.165, 1.54) is 16.7 Å². The summed E-state index contributed by atoms with van der Waals surface area (Å²) >= 11 is 0. The van der Waals surface area contributed by atoms with Gasteiger partial charge < -0.3 is 10.1 Å². The Morgan fingerprint density at radius 3 is 2.27 bits per heavy atom. The van der Waals surface area contributed by atoms with E-state index in [9.17, 15) is 0 Å². The van der Waals surface area contributed by atoms with Crippen molar-refractivity contribution in [2.24, 2.45) is 0 Å². The predicted octanol–water partition coefficient (Wildman–Crippen LogP) is 2.60. The van der Waals surface area contributed by atoms with Crippen LogP contribution in [0.5, 0.6) is 5.75 Å². The normalized spacial score (nSPS) is 10.4. The van der Waals surface area contributed by atoms with Crippen LogP contribution in [-0.2, 0) is 0 Å². The zero-order valence-corrected chi connectivity index (χ0v) is 10.2. The monoisotopic (exact) mass is 207 g/mol. The van der Waals surface area contributed by atoms with Crippen molar-refractivity contribution >= 4 is 0 Å². The number of aryl methyl sites for hydroxylation is 3. The van der Waals surface area contributed by atoms with Gasteiger partial charge >= 0.3 is 0 Å². The standard InChI is InChI=1S/C13H21NO/c1-10-8-11(2)13(12(3)9-10)15-7-5-6-14-4/h8-9,14H,5-7H2,1-4H3. The molecule has 0 radical (unpaired) electrons. The van der Waals surface area contributed by atoms with Gasteiger partial charge in [0, 0.05) is 0 Å². The molecule has 0 aliphatic heterocycles. The van der Waals surface area contributed by atoms with Crippen LogP contribution >= 0.6 is 0 Å². The lowest BCUT2D eigenvalue weighted by Crippen LogP contribution is -2.12. The van der Waals surface area contributed by atoms with Crippen molar-refractivity contribution in [3.05, 3.63) is 28.8 Å². The van der Waals surface area contributed by atoms with Gasteiger partial charge in [-0.2, -0.15) is 0 Å². The first kappa shape index (κ1) is 12.1. The molecule has 2 nitrogen and oxygen atoms in total. The van der Waals surface area contributed by atoms with Gasteiger partial charge in [-0.3, -0.25) is 0 Å². The first-order chi connectivity index (χ1) is 7.15. The quantitative estimate of drug-likeness (QED) is 0.749. The average molecular weight is 207 g/mol. The highest BCUT2D eigenvalue weighted by Crippen LogP contribution is 2.24. The third kappa shape index (κ3) is 3.56. The zero-order valence-electron chi connectivity index (χ0n) is 10.2. The summed E-state index contributed by atoms with van der Waals surface area (Å²) in [6.45, 7) is 8.11. The van der Waals surface area contributed by atoms with E-state index in [2.05, 4.69) is 38.2 Å². The molecule has 0 saturated carbocycles. The van der Waals surface area contributed by atoms with E-state index < -0.39 is 0 Å². The summed E-state index contributed by atoms with van der Waals surface area (Å²) in [4.78, 5) is 0. The topological polar surface area (TPSA) is 21.3 Å². The summed E-state index contributed by atoms with van der Waals surface area (Å²) < 4.78 is 5.78. The second kappa shape index (κ2) is 5.76. The third-order valence-electron chi connectivity index (χ3n) is 2.42. The van der Waals surface area contributed by atoms with Crippen molar-refractivity contribution in [3.8, 4) is 5.75 Å². The average Bonchev–Trinajstić information content (AvgIpc) is 2.15. The van der Waals surface area contributed by atoms with E-state index in [4.69, 9.17) is 4.74 Å². The summed E-state index contributed by atoms with van der Waals surface area (Å²) in [6, 6.07) is 4.33. The number of hydrogen-bond acceptors (Lipinski definition) is 2. The van der Waals surface area contributed by atoms with Gasteiger partial charge in [-0.05, 0) is 51.9 Å². The molecule has 0 spiro atoms. The molecule has 84 valence electrons. The fourth-order valence-electron chi connectivity index (χ4n) is 1.82. The van der Waals surface area contributed by atoms with Gasteiger partial charge in [-0.25, -0.2) is 0 Å². The first-order valence-electron chi connectivity index (χ1n) is 5.50. The largest absolute Gasteiger partial charge is 0.493 e. The lowest BCUT2D eigenvalue weighted by Gasteiger charge is -2.12. The Kier molecular flexibility index (Phi) is 4.63. The summed E-state index contributed by atoms with van der Waals surface area (Å²) in [5, 5.41) is 3.11. The Hall–Kier alpha value is -1.02. The number of hydrogen-bond donors (Lipinski definition) is 1. The Balaban J connectivity index is 2.60. The molecule has 1 aromatic rings. The maximum atomic E-state index is 5.78. The molecule has 0 aromatic heterocycles. The smallest absolute Gasteiger partial charge is 0.125 e. The molecule has 0 unspecified atom stereocenters. The van der Waals surface area contributed by atoms with Crippen LogP contribution in [0.4, 0.5) is 0 Å². The van der Waals surface area contributed by atoms with Crippen LogP contribution in [0.2, 0.25) is 0 Å². The Morgan fingerprint density at radius 1 is 1.13 bits per heavy atom. The Bertz CT molecular complexity index is 297. The van der Waals surface area contributed by atoms with Crippen molar-refractivity contribution in [2.75, 3.05) is 20.2 Å². The van der Waals surface area contributed by atoms with E-state index >= 15 is 0 Å². The molecule has 1 N–H and O–H groups in total. The van der Waals surface area contributed by atoms with Gasteiger partial charge in [-0.1, -0.05) is 17.7 Å². The molecule has 0 saturated heterocycles. The summed E-state index contributed by atoms with van der Waals surface area (Å²) in [5.41, 5.74) is 3.77. The highest BCUT2D eigenvalue weighted by atomic mass is 16.5. The number of benzene rings is 1. The van der Waals surface area contributed by atoms with Crippen molar-refractivity contribution in [2.45, 2.75) is 27.2 Å². The molecule has 0 fully saturated rings. The molecular weight excluding hydrogens is 186 g/mol. The fourth-order valence-corrected chi connectivity index (χ4v) is 1.82. The van der Waals surface area contributed by atoms with E-state index in [-0.39, 0.29) is 0 Å². The number of rotatable bonds is 5. The summed E-state index contributed by atoms with van der Waals surface area (Å²) in [6.07, 6.45) is 1.04. The number of nitrogens with one attached hydrogen (secondary N) is 1. The molecule has 0 aliphatic carbocycles. The van der Waals surface area contributed by atoms with Gasteiger partial charge in [-0.15, -0.1) is 0 Å². The molecule has 0 bridgehead atoms. The van der Waals surface area contributed by atoms with Crippen LogP contribution in [0.15, 0.2) is 12.1 Å². The minimum absolute atomic E-state index is 0.783. The van der Waals surface area contributed by atoms with Crippen LogP contribution in [0.1, 0.15) is 23.1 Å². The van der Waals surface area contributed by atoms with Crippen LogP contribution in [0.3, 0.4) is 0 Å². The van der Waals surface area contributed by atoms with Crippen molar-refractivity contribution in [1.29, 1.82) is 0 Å². The van der Waals surface area contributed by atoms with Crippen molar-refractivity contribution in [1.82, 2.24) is 5.32 Å². The lowest BCUT2D eigenvalue weighted by molar-refractivity contribution is 0.306. The SMILES string of the molecule is CNCCCOc1c(C)cc(C)cc1C. The highest BCUT2D eigenvalue weighted by molar-refractivity contribution is 5.42. The van der Waals surface area contributed by atoms with Crippen molar-refractivity contribution < 1.29 is 4.74 Å². The molecule has 1 aromatic carbocycles. The van der Waals surface area contributed by atoms with Crippen LogP contribution < -0.4 is 10.1 Å². The maximum absolute atomic E-state index is 5.78. The third-order valence-corrected chi connectivity index (χ3v) is 2.42. The molecule has 2 heteroatoms. The van der Waals surface area contributed by atoms with Gasteiger partial charge in [0.15, 0.2) is 0 Å². The van der Waals surface area contributed by atoms with Crippen molar-refractivity contribution in [3.63, 3.8) is 0 Å². The van der Waals surface area contributed by atoms with E-state index in [1.54, 1.807) is 0 Å². The summed E-state index contributed by atoms with van der Waals surface area (Å²) in [7, 11) is 1.96. The maximum Gasteiger partial charge on any atom is 0.125 e. The zero-order chi connectivity index (χ0) is 11.3. The minimum atomic E-state index is 0.783. The number of ether oxygens (including phenoxy) is 1. The second-order valence-electron chi connectivity index (χ2n) is 4.03. The van der Waals surface area contributed by atoms with Gasteiger partial charge in [0.2, 0.25) is 0 Å². The molecule has 0 amide bonds. The van der Waals surface area contributed by atoms with Gasteiger partial charge in [0.25, 0.3) is 0 Å². The summed E-state index contributed by atoms with van der Waals surface area (Å²) in [5.74, 6) is 1.05. The van der Waals surface area contributed by atoms with E-state index in [0.717, 1.165) is 25.3 Å². The molecular formula is C13H21NO. The van der Waals surface area contributed by atoms with Gasteiger partial charge in [0.1, 0.15) is 5.75 Å². The Morgan fingerprint density at radius 2 is 1.73 bits per heavy atom. The van der Waals surface area contributed by atoms with Crippen LogP contribution in [0.25, 0.3) is 0 Å². The highest BCUT2D eigenvalue weighted by Gasteiger charge is 2.04. The van der Waals surface area contributed by atoms with E-state index in [0.29, 0.717) is 0 Å². The Labute approximate surface area is 92.6 Å². The van der Waals surface area contributed by atoms with Gasteiger partial charge in [0.05, 0.1) is 6.61 Å². The molecule has 15 heavy (non-hydrogen) atoms. The molecule has 1 rings (SSSR count). The van der Waals surface area contributed by atoms with Crippen LogP contribution in [-0.4, -0.2) is 20.2 Å². The lowest BCUT2D eigenvalue weighted by atomic mass is 10.1. The second-order valence-corrected chi connectivity index (χ2v) is 4.03. The first-order valence-corrected chi connectivity index (χ1v) is 5.50. The predicted molar refractivity (Wildman–Crippen MR) is 64.7 cm³/mol. The molecule has 0 aliphatic rings. The van der Waals surface area contributed by atoms with Crippen LogP contribution in [0, 0.1) is 20.8 Å². The minimum Gasteiger partial charge on any atom is -0.493 e. The molecule has 0 atom stereocenters. The van der Waals surface area contributed by atoms with E-state index in [1.807, 2.05) is 7.05 Å². The fraction of sp³-hybridized carbons (Fsp3) is 0.538. The molecule has 0 heterocycles.